The van der Waals surface area contributed by atoms with E-state index in [1.807, 2.05) is 6.07 Å². The lowest BCUT2D eigenvalue weighted by Gasteiger charge is -2.01. The van der Waals surface area contributed by atoms with Gasteiger partial charge in [-0.15, -0.1) is 11.3 Å². The van der Waals surface area contributed by atoms with Gasteiger partial charge in [0.05, 0.1) is 18.9 Å². The first-order valence-electron chi connectivity index (χ1n) is 7.46. The van der Waals surface area contributed by atoms with Crippen molar-refractivity contribution in [1.29, 1.82) is 0 Å². The molecule has 0 aliphatic heterocycles. The van der Waals surface area contributed by atoms with Gasteiger partial charge in [-0.25, -0.2) is 4.98 Å². The lowest BCUT2D eigenvalue weighted by molar-refractivity contribution is -0.143. The van der Waals surface area contributed by atoms with Crippen LogP contribution in [0.1, 0.15) is 22.4 Å². The van der Waals surface area contributed by atoms with Gasteiger partial charge >= 0.3 is 5.97 Å². The molecule has 23 heavy (non-hydrogen) atoms. The van der Waals surface area contributed by atoms with E-state index in [4.69, 9.17) is 0 Å². The highest BCUT2D eigenvalue weighted by Crippen LogP contribution is 2.40. The molecule has 5 nitrogen and oxygen atoms in total. The lowest BCUT2D eigenvalue weighted by Crippen LogP contribution is -2.17. The lowest BCUT2D eigenvalue weighted by atomic mass is 10.1. The van der Waals surface area contributed by atoms with Gasteiger partial charge in [-0.2, -0.15) is 0 Å². The van der Waals surface area contributed by atoms with E-state index in [-0.39, 0.29) is 23.7 Å². The Morgan fingerprint density at radius 2 is 2.22 bits per heavy atom. The molecule has 0 bridgehead atoms. The SMILES string of the molecule is COC(=O)C1CC1C(=O)Nc1ncc(Cc2cccc(C)c2)s1. The number of thiazole rings is 1. The highest BCUT2D eigenvalue weighted by atomic mass is 32.1. The van der Waals surface area contributed by atoms with Crippen molar-refractivity contribution < 1.29 is 14.3 Å². The van der Waals surface area contributed by atoms with Crippen molar-refractivity contribution >= 4 is 28.3 Å². The summed E-state index contributed by atoms with van der Waals surface area (Å²) in [6.45, 7) is 2.06. The molecule has 1 aliphatic rings. The molecule has 1 N–H and O–H groups in total. The van der Waals surface area contributed by atoms with Crippen molar-refractivity contribution in [2.75, 3.05) is 12.4 Å². The second-order valence-electron chi connectivity index (χ2n) is 5.76. The Hall–Kier alpha value is -2.21. The molecular weight excluding hydrogens is 312 g/mol. The van der Waals surface area contributed by atoms with Crippen LogP contribution in [0.2, 0.25) is 0 Å². The van der Waals surface area contributed by atoms with Crippen LogP contribution in [0.4, 0.5) is 5.13 Å². The maximum absolute atomic E-state index is 12.1. The van der Waals surface area contributed by atoms with Crippen LogP contribution in [0.3, 0.4) is 0 Å². The molecule has 1 saturated carbocycles. The number of ether oxygens (including phenoxy) is 1. The molecule has 1 fully saturated rings. The standard InChI is InChI=1S/C17H18N2O3S/c1-10-4-3-5-11(6-10)7-12-9-18-17(23-12)19-15(20)13-8-14(13)16(21)22-2/h3-6,9,13-14H,7-8H2,1-2H3,(H,18,19,20). The molecule has 2 unspecified atom stereocenters. The number of carbonyl (C=O) groups is 2. The van der Waals surface area contributed by atoms with Gasteiger partial charge in [0, 0.05) is 17.5 Å². The number of methoxy groups -OCH3 is 1. The number of aromatic nitrogens is 1. The number of aryl methyl sites for hydroxylation is 1. The first-order chi connectivity index (χ1) is 11.1. The number of nitrogens with zero attached hydrogens (tertiary/aromatic N) is 1. The van der Waals surface area contributed by atoms with Gasteiger partial charge in [0.25, 0.3) is 0 Å². The average molecular weight is 330 g/mol. The average Bonchev–Trinajstić information content (AvgIpc) is 3.22. The van der Waals surface area contributed by atoms with Crippen LogP contribution in [0.25, 0.3) is 0 Å². The van der Waals surface area contributed by atoms with Gasteiger partial charge in [-0.1, -0.05) is 29.8 Å². The number of hydrogen-bond donors (Lipinski definition) is 1. The Morgan fingerprint density at radius 1 is 1.39 bits per heavy atom. The van der Waals surface area contributed by atoms with Gasteiger partial charge in [0.15, 0.2) is 5.13 Å². The van der Waals surface area contributed by atoms with Crippen LogP contribution in [-0.4, -0.2) is 24.0 Å². The molecule has 1 heterocycles. The molecule has 1 aromatic heterocycles. The third-order valence-electron chi connectivity index (χ3n) is 3.88. The molecule has 120 valence electrons. The zero-order valence-corrected chi connectivity index (χ0v) is 13.9. The number of carbonyl (C=O) groups excluding carboxylic acids is 2. The summed E-state index contributed by atoms with van der Waals surface area (Å²) in [6.07, 6.45) is 3.14. The minimum absolute atomic E-state index is 0.156. The predicted octanol–water partition coefficient (Wildman–Crippen LogP) is 2.79. The minimum atomic E-state index is -0.315. The third-order valence-corrected chi connectivity index (χ3v) is 4.79. The van der Waals surface area contributed by atoms with Crippen molar-refractivity contribution in [3.05, 3.63) is 46.5 Å². The van der Waals surface area contributed by atoms with E-state index in [1.54, 1.807) is 6.20 Å². The molecule has 0 radical (unpaired) electrons. The summed E-state index contributed by atoms with van der Waals surface area (Å²) in [5, 5.41) is 3.37. The zero-order chi connectivity index (χ0) is 16.4. The molecule has 6 heteroatoms. The number of amides is 1. The zero-order valence-electron chi connectivity index (χ0n) is 13.0. The van der Waals surface area contributed by atoms with Crippen molar-refractivity contribution in [1.82, 2.24) is 4.98 Å². The highest BCUT2D eigenvalue weighted by Gasteiger charge is 2.49. The Morgan fingerprint density at radius 3 is 2.96 bits per heavy atom. The van der Waals surface area contributed by atoms with Gasteiger partial charge in [-0.3, -0.25) is 9.59 Å². The highest BCUT2D eigenvalue weighted by molar-refractivity contribution is 7.15. The topological polar surface area (TPSA) is 68.3 Å². The van der Waals surface area contributed by atoms with E-state index in [9.17, 15) is 9.59 Å². The van der Waals surface area contributed by atoms with Crippen molar-refractivity contribution in [2.24, 2.45) is 11.8 Å². The van der Waals surface area contributed by atoms with Crippen LogP contribution in [0.15, 0.2) is 30.5 Å². The van der Waals surface area contributed by atoms with Crippen LogP contribution in [0.5, 0.6) is 0 Å². The van der Waals surface area contributed by atoms with Crippen molar-refractivity contribution in [2.45, 2.75) is 19.8 Å². The second-order valence-corrected chi connectivity index (χ2v) is 6.87. The summed E-state index contributed by atoms with van der Waals surface area (Å²) < 4.78 is 4.65. The van der Waals surface area contributed by atoms with Gasteiger partial charge in [0.1, 0.15) is 0 Å². The first kappa shape index (κ1) is 15.7. The van der Waals surface area contributed by atoms with E-state index < -0.39 is 0 Å². The van der Waals surface area contributed by atoms with Gasteiger partial charge in [-0.05, 0) is 18.9 Å². The number of esters is 1. The molecule has 1 aromatic carbocycles. The van der Waals surface area contributed by atoms with Gasteiger partial charge < -0.3 is 10.1 Å². The fourth-order valence-corrected chi connectivity index (χ4v) is 3.41. The maximum Gasteiger partial charge on any atom is 0.309 e. The normalized spacial score (nSPS) is 19.2. The molecular formula is C17H18N2O3S. The van der Waals surface area contributed by atoms with Crippen LogP contribution in [-0.2, 0) is 20.7 Å². The summed E-state index contributed by atoms with van der Waals surface area (Å²) in [4.78, 5) is 28.8. The first-order valence-corrected chi connectivity index (χ1v) is 8.27. The van der Waals surface area contributed by atoms with Gasteiger partial charge in [0.2, 0.25) is 5.91 Å². The van der Waals surface area contributed by atoms with E-state index in [0.29, 0.717) is 11.6 Å². The predicted molar refractivity (Wildman–Crippen MR) is 88.3 cm³/mol. The summed E-state index contributed by atoms with van der Waals surface area (Å²) in [5.41, 5.74) is 2.45. The summed E-state index contributed by atoms with van der Waals surface area (Å²) in [5.74, 6) is -1.06. The molecule has 2 aromatic rings. The molecule has 1 amide bonds. The number of nitrogens with one attached hydrogen (secondary N) is 1. The number of anilines is 1. The monoisotopic (exact) mass is 330 g/mol. The van der Waals surface area contributed by atoms with E-state index >= 15 is 0 Å². The smallest absolute Gasteiger partial charge is 0.309 e. The maximum atomic E-state index is 12.1. The second kappa shape index (κ2) is 6.50. The van der Waals surface area contributed by atoms with Crippen LogP contribution >= 0.6 is 11.3 Å². The quantitative estimate of drug-likeness (QED) is 0.856. The van der Waals surface area contributed by atoms with Crippen molar-refractivity contribution in [3.8, 4) is 0 Å². The van der Waals surface area contributed by atoms with Crippen LogP contribution in [0, 0.1) is 18.8 Å². The Labute approximate surface area is 138 Å². The van der Waals surface area contributed by atoms with E-state index in [2.05, 4.69) is 40.2 Å². The Bertz CT molecular complexity index is 741. The largest absolute Gasteiger partial charge is 0.469 e. The van der Waals surface area contributed by atoms with E-state index in [0.717, 1.165) is 11.3 Å². The third kappa shape index (κ3) is 3.76. The van der Waals surface area contributed by atoms with Crippen LogP contribution < -0.4 is 5.32 Å². The number of rotatable bonds is 5. The fraction of sp³-hybridized carbons (Fsp3) is 0.353. The molecule has 0 saturated heterocycles. The molecule has 3 rings (SSSR count). The molecule has 1 aliphatic carbocycles. The Balaban J connectivity index is 1.57. The van der Waals surface area contributed by atoms with Crippen molar-refractivity contribution in [3.63, 3.8) is 0 Å². The summed E-state index contributed by atoms with van der Waals surface area (Å²) >= 11 is 1.46. The summed E-state index contributed by atoms with van der Waals surface area (Å²) in [6, 6.07) is 8.32. The molecule has 0 spiro atoms. The summed E-state index contributed by atoms with van der Waals surface area (Å²) in [7, 11) is 1.34. The number of hydrogen-bond acceptors (Lipinski definition) is 5. The minimum Gasteiger partial charge on any atom is -0.469 e. The van der Waals surface area contributed by atoms with E-state index in [1.165, 1.54) is 29.6 Å². The fourth-order valence-electron chi connectivity index (χ4n) is 2.57. The number of benzene rings is 1. The molecule has 2 atom stereocenters. The Kier molecular flexibility index (Phi) is 4.43.